The van der Waals surface area contributed by atoms with Crippen LogP contribution in [0, 0.1) is 10.8 Å². The van der Waals surface area contributed by atoms with Crippen LogP contribution in [-0.2, 0) is 0 Å². The van der Waals surface area contributed by atoms with Crippen LogP contribution in [0.15, 0.2) is 0 Å². The Bertz CT molecular complexity index is 275. The topological polar surface area (TPSA) is 23.5 Å². The minimum atomic E-state index is -0.400. The molecular formula is C16H31NO. The number of nitrogens with zero attached hydrogens (tertiary/aromatic N) is 1. The highest BCUT2D eigenvalue weighted by molar-refractivity contribution is 4.98. The van der Waals surface area contributed by atoms with E-state index < -0.39 is 5.60 Å². The molecule has 106 valence electrons. The van der Waals surface area contributed by atoms with Gasteiger partial charge in [-0.3, -0.25) is 4.90 Å². The SMILES string of the molecule is CCC1(CC)CN(CC2(O)CCC(C)(C)CC2)C1. The Morgan fingerprint density at radius 1 is 0.944 bits per heavy atom. The lowest BCUT2D eigenvalue weighted by molar-refractivity contribution is -0.0960. The highest BCUT2D eigenvalue weighted by atomic mass is 16.3. The maximum atomic E-state index is 10.7. The fourth-order valence-corrected chi connectivity index (χ4v) is 3.68. The standard InChI is InChI=1S/C16H31NO/c1-5-15(6-2)11-17(12-15)13-16(18)9-7-14(3,4)8-10-16/h18H,5-13H2,1-4H3. The van der Waals surface area contributed by atoms with Crippen LogP contribution in [0.4, 0.5) is 0 Å². The van der Waals surface area contributed by atoms with Crippen molar-refractivity contribution in [2.75, 3.05) is 19.6 Å². The molecule has 0 aromatic heterocycles. The number of aliphatic hydroxyl groups is 1. The van der Waals surface area contributed by atoms with Crippen LogP contribution >= 0.6 is 0 Å². The number of likely N-dealkylation sites (tertiary alicyclic amines) is 1. The van der Waals surface area contributed by atoms with Gasteiger partial charge >= 0.3 is 0 Å². The molecule has 2 fully saturated rings. The van der Waals surface area contributed by atoms with Crippen molar-refractivity contribution >= 4 is 0 Å². The van der Waals surface area contributed by atoms with Crippen molar-refractivity contribution in [3.63, 3.8) is 0 Å². The van der Waals surface area contributed by atoms with Gasteiger partial charge in [-0.25, -0.2) is 0 Å². The van der Waals surface area contributed by atoms with E-state index in [0.717, 1.165) is 19.4 Å². The molecule has 0 aromatic carbocycles. The lowest BCUT2D eigenvalue weighted by Gasteiger charge is -2.53. The maximum Gasteiger partial charge on any atom is 0.0774 e. The molecule has 1 heterocycles. The van der Waals surface area contributed by atoms with Gasteiger partial charge in [-0.05, 0) is 49.4 Å². The molecule has 2 nitrogen and oxygen atoms in total. The van der Waals surface area contributed by atoms with E-state index in [0.29, 0.717) is 10.8 Å². The van der Waals surface area contributed by atoms with Crippen LogP contribution in [-0.4, -0.2) is 35.2 Å². The molecule has 0 bridgehead atoms. The second kappa shape index (κ2) is 4.79. The van der Waals surface area contributed by atoms with Crippen molar-refractivity contribution in [1.29, 1.82) is 0 Å². The molecule has 1 saturated carbocycles. The molecule has 0 spiro atoms. The highest BCUT2D eigenvalue weighted by Crippen LogP contribution is 2.43. The molecule has 0 amide bonds. The first kappa shape index (κ1) is 14.3. The Morgan fingerprint density at radius 3 is 1.89 bits per heavy atom. The third-order valence-electron chi connectivity index (χ3n) is 5.67. The van der Waals surface area contributed by atoms with Gasteiger partial charge in [-0.2, -0.15) is 0 Å². The zero-order valence-corrected chi connectivity index (χ0v) is 12.8. The van der Waals surface area contributed by atoms with Crippen molar-refractivity contribution in [3.05, 3.63) is 0 Å². The van der Waals surface area contributed by atoms with Gasteiger partial charge in [0.25, 0.3) is 0 Å². The van der Waals surface area contributed by atoms with Crippen molar-refractivity contribution in [3.8, 4) is 0 Å². The van der Waals surface area contributed by atoms with Gasteiger partial charge in [0.2, 0.25) is 0 Å². The maximum absolute atomic E-state index is 10.7. The quantitative estimate of drug-likeness (QED) is 0.829. The van der Waals surface area contributed by atoms with Gasteiger partial charge in [-0.1, -0.05) is 27.7 Å². The van der Waals surface area contributed by atoms with Crippen LogP contribution in [0.5, 0.6) is 0 Å². The first-order valence-corrected chi connectivity index (χ1v) is 7.77. The number of rotatable bonds is 4. The summed E-state index contributed by atoms with van der Waals surface area (Å²) in [6.07, 6.45) is 6.88. The van der Waals surface area contributed by atoms with E-state index in [1.54, 1.807) is 0 Å². The van der Waals surface area contributed by atoms with E-state index in [2.05, 4.69) is 32.6 Å². The predicted octanol–water partition coefficient (Wildman–Crippen LogP) is 3.44. The van der Waals surface area contributed by atoms with E-state index in [1.807, 2.05) is 0 Å². The van der Waals surface area contributed by atoms with Crippen LogP contribution in [0.1, 0.15) is 66.2 Å². The third-order valence-corrected chi connectivity index (χ3v) is 5.67. The van der Waals surface area contributed by atoms with Gasteiger partial charge in [0, 0.05) is 19.6 Å². The van der Waals surface area contributed by atoms with Gasteiger partial charge < -0.3 is 5.11 Å². The summed E-state index contributed by atoms with van der Waals surface area (Å²) < 4.78 is 0. The van der Waals surface area contributed by atoms with E-state index in [4.69, 9.17) is 0 Å². The van der Waals surface area contributed by atoms with Crippen molar-refractivity contribution in [1.82, 2.24) is 4.90 Å². The summed E-state index contributed by atoms with van der Waals surface area (Å²) in [6.45, 7) is 12.6. The second-order valence-corrected chi connectivity index (χ2v) is 7.74. The first-order valence-electron chi connectivity index (χ1n) is 7.77. The Kier molecular flexibility index (Phi) is 3.81. The molecule has 2 rings (SSSR count). The summed E-state index contributed by atoms with van der Waals surface area (Å²) in [4.78, 5) is 2.48. The molecule has 0 atom stereocenters. The highest BCUT2D eigenvalue weighted by Gasteiger charge is 2.44. The zero-order valence-electron chi connectivity index (χ0n) is 12.8. The summed E-state index contributed by atoms with van der Waals surface area (Å²) in [5.74, 6) is 0. The van der Waals surface area contributed by atoms with Gasteiger partial charge in [0.1, 0.15) is 0 Å². The molecule has 1 saturated heterocycles. The summed E-state index contributed by atoms with van der Waals surface area (Å²) in [5, 5.41) is 10.7. The second-order valence-electron chi connectivity index (χ2n) is 7.74. The predicted molar refractivity (Wildman–Crippen MR) is 76.7 cm³/mol. The molecule has 1 aliphatic carbocycles. The minimum absolute atomic E-state index is 0.400. The van der Waals surface area contributed by atoms with Gasteiger partial charge in [0.05, 0.1) is 5.60 Å². The minimum Gasteiger partial charge on any atom is -0.389 e. The number of β-amino-alcohol motifs (C(OH)–C–C–N with tert-alkyl or cyclic N) is 1. The average molecular weight is 253 g/mol. The third kappa shape index (κ3) is 2.91. The summed E-state index contributed by atoms with van der Waals surface area (Å²) in [5.41, 5.74) is 0.602. The molecular weight excluding hydrogens is 222 g/mol. The van der Waals surface area contributed by atoms with Crippen LogP contribution < -0.4 is 0 Å². The first-order chi connectivity index (χ1) is 8.32. The van der Waals surface area contributed by atoms with Crippen LogP contribution in [0.25, 0.3) is 0 Å². The van der Waals surface area contributed by atoms with E-state index in [9.17, 15) is 5.11 Å². The summed E-state index contributed by atoms with van der Waals surface area (Å²) in [7, 11) is 0. The van der Waals surface area contributed by atoms with Crippen molar-refractivity contribution in [2.24, 2.45) is 10.8 Å². The molecule has 2 aliphatic rings. The lowest BCUT2D eigenvalue weighted by Crippen LogP contribution is -2.60. The van der Waals surface area contributed by atoms with E-state index in [-0.39, 0.29) is 0 Å². The van der Waals surface area contributed by atoms with Crippen LogP contribution in [0.3, 0.4) is 0 Å². The summed E-state index contributed by atoms with van der Waals surface area (Å²) >= 11 is 0. The molecule has 0 radical (unpaired) electrons. The smallest absolute Gasteiger partial charge is 0.0774 e. The summed E-state index contributed by atoms with van der Waals surface area (Å²) in [6, 6.07) is 0. The molecule has 18 heavy (non-hydrogen) atoms. The molecule has 1 aliphatic heterocycles. The Morgan fingerprint density at radius 2 is 1.44 bits per heavy atom. The van der Waals surface area contributed by atoms with Gasteiger partial charge in [0.15, 0.2) is 0 Å². The monoisotopic (exact) mass is 253 g/mol. The number of hydrogen-bond acceptors (Lipinski definition) is 2. The fraction of sp³-hybridized carbons (Fsp3) is 1.00. The Hall–Kier alpha value is -0.0800. The number of hydrogen-bond donors (Lipinski definition) is 1. The zero-order chi connectivity index (χ0) is 13.4. The lowest BCUT2D eigenvalue weighted by atomic mass is 9.69. The Labute approximate surface area is 113 Å². The average Bonchev–Trinajstić information content (AvgIpc) is 2.28. The molecule has 1 N–H and O–H groups in total. The van der Waals surface area contributed by atoms with Crippen LogP contribution in [0.2, 0.25) is 0 Å². The van der Waals surface area contributed by atoms with E-state index in [1.165, 1.54) is 38.8 Å². The van der Waals surface area contributed by atoms with Gasteiger partial charge in [-0.15, -0.1) is 0 Å². The van der Waals surface area contributed by atoms with Crippen molar-refractivity contribution in [2.45, 2.75) is 71.8 Å². The van der Waals surface area contributed by atoms with Crippen molar-refractivity contribution < 1.29 is 5.11 Å². The van der Waals surface area contributed by atoms with E-state index >= 15 is 0 Å². The Balaban J connectivity index is 1.81. The molecule has 0 aromatic rings. The molecule has 2 heteroatoms. The normalized spacial score (nSPS) is 29.8. The largest absolute Gasteiger partial charge is 0.389 e. The molecule has 0 unspecified atom stereocenters. The fourth-order valence-electron chi connectivity index (χ4n) is 3.68.